The summed E-state index contributed by atoms with van der Waals surface area (Å²) in [5, 5.41) is 0. The van der Waals surface area contributed by atoms with Gasteiger partial charge in [-0.3, -0.25) is 14.5 Å². The van der Waals surface area contributed by atoms with Crippen molar-refractivity contribution in [3.8, 4) is 0 Å². The third kappa shape index (κ3) is 3.45. The number of carbonyl (C=O) groups excluding carboxylic acids is 2. The van der Waals surface area contributed by atoms with Crippen molar-refractivity contribution >= 4 is 11.9 Å². The molecule has 0 aromatic carbocycles. The van der Waals surface area contributed by atoms with Gasteiger partial charge < -0.3 is 9.64 Å². The molecule has 1 unspecified atom stereocenters. The molecular formula is C13H24N2O3. The Balaban J connectivity index is 2.51. The van der Waals surface area contributed by atoms with Gasteiger partial charge in [-0.05, 0) is 6.92 Å². The Morgan fingerprint density at radius 2 is 1.61 bits per heavy atom. The number of hydrogen-bond donors (Lipinski definition) is 0. The minimum atomic E-state index is -0.337. The number of nitrogens with zero attached hydrogens (tertiary/aromatic N) is 2. The minimum Gasteiger partial charge on any atom is -0.468 e. The zero-order valence-electron chi connectivity index (χ0n) is 12.0. The Labute approximate surface area is 109 Å². The molecule has 1 fully saturated rings. The summed E-state index contributed by atoms with van der Waals surface area (Å²) in [6.45, 7) is 10.4. The van der Waals surface area contributed by atoms with Crippen LogP contribution in [-0.2, 0) is 14.3 Å². The van der Waals surface area contributed by atoms with Crippen molar-refractivity contribution < 1.29 is 14.3 Å². The first-order chi connectivity index (χ1) is 8.27. The van der Waals surface area contributed by atoms with Gasteiger partial charge in [0.25, 0.3) is 0 Å². The fourth-order valence-electron chi connectivity index (χ4n) is 2.11. The van der Waals surface area contributed by atoms with Crippen molar-refractivity contribution in [2.75, 3.05) is 33.3 Å². The van der Waals surface area contributed by atoms with Crippen molar-refractivity contribution in [3.05, 3.63) is 0 Å². The van der Waals surface area contributed by atoms with E-state index in [-0.39, 0.29) is 23.3 Å². The van der Waals surface area contributed by atoms with Gasteiger partial charge in [0.05, 0.1) is 7.11 Å². The van der Waals surface area contributed by atoms with Crippen LogP contribution in [0, 0.1) is 5.41 Å². The summed E-state index contributed by atoms with van der Waals surface area (Å²) in [4.78, 5) is 27.5. The lowest BCUT2D eigenvalue weighted by Gasteiger charge is -2.39. The second-order valence-electron chi connectivity index (χ2n) is 5.78. The lowest BCUT2D eigenvalue weighted by atomic mass is 9.94. The standard InChI is InChI=1S/C13H24N2O3/c1-10(11(16)18-5)14-6-8-15(9-7-14)12(17)13(2,3)4/h10H,6-9H2,1-5H3. The van der Waals surface area contributed by atoms with Crippen LogP contribution in [0.1, 0.15) is 27.7 Å². The van der Waals surface area contributed by atoms with Crippen LogP contribution < -0.4 is 0 Å². The van der Waals surface area contributed by atoms with Gasteiger partial charge >= 0.3 is 5.97 Å². The summed E-state index contributed by atoms with van der Waals surface area (Å²) in [6.07, 6.45) is 0. The quantitative estimate of drug-likeness (QED) is 0.684. The van der Waals surface area contributed by atoms with E-state index in [4.69, 9.17) is 4.74 Å². The normalized spacial score (nSPS) is 19.5. The predicted octanol–water partition coefficient (Wildman–Crippen LogP) is 0.738. The molecule has 1 heterocycles. The summed E-state index contributed by atoms with van der Waals surface area (Å²) in [5.74, 6) is -0.0431. The van der Waals surface area contributed by atoms with Crippen LogP contribution in [0.3, 0.4) is 0 Å². The van der Waals surface area contributed by atoms with Crippen LogP contribution in [0.5, 0.6) is 0 Å². The molecule has 0 spiro atoms. The van der Waals surface area contributed by atoms with Crippen LogP contribution in [0.2, 0.25) is 0 Å². The number of methoxy groups -OCH3 is 1. The van der Waals surface area contributed by atoms with E-state index in [1.165, 1.54) is 7.11 Å². The first-order valence-corrected chi connectivity index (χ1v) is 6.38. The Morgan fingerprint density at radius 1 is 1.11 bits per heavy atom. The molecule has 0 radical (unpaired) electrons. The van der Waals surface area contributed by atoms with Gasteiger partial charge in [0.15, 0.2) is 0 Å². The number of esters is 1. The molecule has 0 aliphatic carbocycles. The average molecular weight is 256 g/mol. The van der Waals surface area contributed by atoms with E-state index in [0.717, 1.165) is 13.1 Å². The highest BCUT2D eigenvalue weighted by atomic mass is 16.5. The molecule has 0 saturated carbocycles. The first kappa shape index (κ1) is 15.0. The van der Waals surface area contributed by atoms with Gasteiger partial charge in [0.1, 0.15) is 6.04 Å². The molecular weight excluding hydrogens is 232 g/mol. The Hall–Kier alpha value is -1.10. The van der Waals surface area contributed by atoms with E-state index in [1.807, 2.05) is 32.6 Å². The van der Waals surface area contributed by atoms with E-state index in [0.29, 0.717) is 13.1 Å². The fourth-order valence-corrected chi connectivity index (χ4v) is 2.11. The third-order valence-electron chi connectivity index (χ3n) is 3.33. The number of carbonyl (C=O) groups is 2. The average Bonchev–Trinajstić information content (AvgIpc) is 2.35. The maximum absolute atomic E-state index is 12.1. The molecule has 1 aliphatic rings. The Bertz CT molecular complexity index is 315. The molecule has 104 valence electrons. The van der Waals surface area contributed by atoms with E-state index >= 15 is 0 Å². The summed E-state index contributed by atoms with van der Waals surface area (Å²) < 4.78 is 4.73. The molecule has 1 rings (SSSR count). The SMILES string of the molecule is COC(=O)C(C)N1CCN(C(=O)C(C)(C)C)CC1. The molecule has 0 aromatic heterocycles. The Morgan fingerprint density at radius 3 is 2.00 bits per heavy atom. The highest BCUT2D eigenvalue weighted by Crippen LogP contribution is 2.19. The van der Waals surface area contributed by atoms with Crippen LogP contribution in [0.4, 0.5) is 0 Å². The summed E-state index contributed by atoms with van der Waals surface area (Å²) >= 11 is 0. The zero-order chi connectivity index (χ0) is 13.9. The smallest absolute Gasteiger partial charge is 0.322 e. The summed E-state index contributed by atoms with van der Waals surface area (Å²) in [7, 11) is 1.40. The van der Waals surface area contributed by atoms with E-state index < -0.39 is 0 Å². The number of amides is 1. The molecule has 1 aliphatic heterocycles. The van der Waals surface area contributed by atoms with Gasteiger partial charge in [0.2, 0.25) is 5.91 Å². The van der Waals surface area contributed by atoms with E-state index in [2.05, 4.69) is 4.90 Å². The van der Waals surface area contributed by atoms with Crippen molar-refractivity contribution in [1.29, 1.82) is 0 Å². The van der Waals surface area contributed by atoms with Crippen molar-refractivity contribution in [2.45, 2.75) is 33.7 Å². The molecule has 0 aromatic rings. The van der Waals surface area contributed by atoms with Gasteiger partial charge in [-0.1, -0.05) is 20.8 Å². The van der Waals surface area contributed by atoms with Crippen LogP contribution in [0.25, 0.3) is 0 Å². The van der Waals surface area contributed by atoms with Crippen molar-refractivity contribution in [3.63, 3.8) is 0 Å². The lowest BCUT2D eigenvalue weighted by molar-refractivity contribution is -0.148. The molecule has 1 amide bonds. The first-order valence-electron chi connectivity index (χ1n) is 6.38. The second-order valence-corrected chi connectivity index (χ2v) is 5.78. The molecule has 0 N–H and O–H groups in total. The highest BCUT2D eigenvalue weighted by molar-refractivity contribution is 5.81. The van der Waals surface area contributed by atoms with Crippen molar-refractivity contribution in [1.82, 2.24) is 9.80 Å². The third-order valence-corrected chi connectivity index (χ3v) is 3.33. The predicted molar refractivity (Wildman–Crippen MR) is 69.1 cm³/mol. The minimum absolute atomic E-state index is 0.174. The number of piperazine rings is 1. The summed E-state index contributed by atoms with van der Waals surface area (Å²) in [5.41, 5.74) is -0.337. The summed E-state index contributed by atoms with van der Waals surface area (Å²) in [6, 6.07) is -0.234. The molecule has 5 heteroatoms. The topological polar surface area (TPSA) is 49.9 Å². The number of rotatable bonds is 2. The lowest BCUT2D eigenvalue weighted by Crippen LogP contribution is -2.55. The van der Waals surface area contributed by atoms with Gasteiger partial charge in [-0.2, -0.15) is 0 Å². The van der Waals surface area contributed by atoms with Crippen LogP contribution in [0.15, 0.2) is 0 Å². The van der Waals surface area contributed by atoms with Gasteiger partial charge in [-0.25, -0.2) is 0 Å². The number of hydrogen-bond acceptors (Lipinski definition) is 4. The van der Waals surface area contributed by atoms with E-state index in [9.17, 15) is 9.59 Å². The monoisotopic (exact) mass is 256 g/mol. The van der Waals surface area contributed by atoms with Crippen LogP contribution in [-0.4, -0.2) is 61.0 Å². The number of ether oxygens (including phenoxy) is 1. The Kier molecular flexibility index (Phi) is 4.73. The highest BCUT2D eigenvalue weighted by Gasteiger charge is 2.32. The molecule has 1 atom stereocenters. The zero-order valence-corrected chi connectivity index (χ0v) is 12.0. The molecule has 1 saturated heterocycles. The fraction of sp³-hybridized carbons (Fsp3) is 0.846. The maximum atomic E-state index is 12.1. The van der Waals surface area contributed by atoms with Crippen LogP contribution >= 0.6 is 0 Å². The van der Waals surface area contributed by atoms with E-state index in [1.54, 1.807) is 0 Å². The van der Waals surface area contributed by atoms with Gasteiger partial charge in [0, 0.05) is 31.6 Å². The van der Waals surface area contributed by atoms with Crippen molar-refractivity contribution in [2.24, 2.45) is 5.41 Å². The molecule has 18 heavy (non-hydrogen) atoms. The van der Waals surface area contributed by atoms with Gasteiger partial charge in [-0.15, -0.1) is 0 Å². The maximum Gasteiger partial charge on any atom is 0.322 e. The largest absolute Gasteiger partial charge is 0.468 e. The molecule has 0 bridgehead atoms. The molecule has 5 nitrogen and oxygen atoms in total. The second kappa shape index (κ2) is 5.69.